The third-order valence-corrected chi connectivity index (χ3v) is 4.08. The maximum atomic E-state index is 12.0. The lowest BCUT2D eigenvalue weighted by Gasteiger charge is -2.17. The van der Waals surface area contributed by atoms with Gasteiger partial charge in [0.15, 0.2) is 0 Å². The molecule has 0 radical (unpaired) electrons. The summed E-state index contributed by atoms with van der Waals surface area (Å²) in [6.45, 7) is 1.70. The minimum absolute atomic E-state index is 0.0277. The van der Waals surface area contributed by atoms with Gasteiger partial charge in [0.25, 0.3) is 0 Å². The first-order chi connectivity index (χ1) is 8.22. The van der Waals surface area contributed by atoms with Gasteiger partial charge >= 0.3 is 6.03 Å². The van der Waals surface area contributed by atoms with Crippen LogP contribution in [0.2, 0.25) is 5.02 Å². The summed E-state index contributed by atoms with van der Waals surface area (Å²) in [5.74, 6) is 0. The van der Waals surface area contributed by atoms with Crippen molar-refractivity contribution in [1.29, 1.82) is 0 Å². The molecule has 2 rings (SSSR count). The molecule has 1 saturated heterocycles. The summed E-state index contributed by atoms with van der Waals surface area (Å²) < 4.78 is 0. The van der Waals surface area contributed by atoms with E-state index in [1.165, 1.54) is 0 Å². The van der Waals surface area contributed by atoms with Gasteiger partial charge in [0.1, 0.15) is 0 Å². The van der Waals surface area contributed by atoms with E-state index in [1.54, 1.807) is 11.8 Å². The Hall–Kier alpha value is -0.870. The highest BCUT2D eigenvalue weighted by atomic mass is 35.5. The Kier molecular flexibility index (Phi) is 4.18. The van der Waals surface area contributed by atoms with Crippen LogP contribution >= 0.6 is 23.4 Å². The van der Waals surface area contributed by atoms with Crippen molar-refractivity contribution in [2.24, 2.45) is 0 Å². The number of thioether (sulfide) groups is 1. The molecule has 1 aromatic rings. The molecule has 0 bridgehead atoms. The fourth-order valence-corrected chi connectivity index (χ4v) is 2.94. The summed E-state index contributed by atoms with van der Waals surface area (Å²) >= 11 is 7.63. The monoisotopic (exact) mass is 270 g/mol. The lowest BCUT2D eigenvalue weighted by Crippen LogP contribution is -2.32. The number of halogens is 1. The highest BCUT2D eigenvalue weighted by Gasteiger charge is 2.18. The molecule has 0 spiro atoms. The predicted octanol–water partition coefficient (Wildman–Crippen LogP) is 3.69. The Morgan fingerprint density at radius 1 is 1.41 bits per heavy atom. The fourth-order valence-electron chi connectivity index (χ4n) is 1.93. The normalized spacial score (nSPS) is 15.1. The van der Waals surface area contributed by atoms with Crippen LogP contribution < -0.4 is 5.32 Å². The number of amides is 2. The number of nitrogens with one attached hydrogen (secondary N) is 1. The zero-order valence-electron chi connectivity index (χ0n) is 9.70. The lowest BCUT2D eigenvalue weighted by atomic mass is 10.3. The van der Waals surface area contributed by atoms with Crippen molar-refractivity contribution in [1.82, 2.24) is 4.90 Å². The molecular formula is C12H15ClN2OS. The van der Waals surface area contributed by atoms with Crippen molar-refractivity contribution in [3.8, 4) is 0 Å². The number of rotatable bonds is 2. The Balaban J connectivity index is 2.12. The zero-order valence-corrected chi connectivity index (χ0v) is 11.3. The van der Waals surface area contributed by atoms with E-state index in [0.717, 1.165) is 36.5 Å². The zero-order chi connectivity index (χ0) is 12.3. The number of carbonyl (C=O) groups is 1. The summed E-state index contributed by atoms with van der Waals surface area (Å²) in [6.07, 6.45) is 4.14. The van der Waals surface area contributed by atoms with Gasteiger partial charge in [0, 0.05) is 18.0 Å². The Morgan fingerprint density at radius 2 is 2.12 bits per heavy atom. The van der Waals surface area contributed by atoms with Gasteiger partial charge in [-0.15, -0.1) is 11.8 Å². The maximum absolute atomic E-state index is 12.0. The highest BCUT2D eigenvalue weighted by Crippen LogP contribution is 2.32. The van der Waals surface area contributed by atoms with E-state index in [2.05, 4.69) is 5.32 Å². The van der Waals surface area contributed by atoms with Crippen molar-refractivity contribution < 1.29 is 4.79 Å². The van der Waals surface area contributed by atoms with Crippen molar-refractivity contribution in [2.75, 3.05) is 24.7 Å². The lowest BCUT2D eigenvalue weighted by molar-refractivity contribution is 0.222. The summed E-state index contributed by atoms with van der Waals surface area (Å²) in [5, 5.41) is 3.60. The molecule has 0 unspecified atom stereocenters. The molecule has 0 saturated carbocycles. The Bertz CT molecular complexity index is 419. The molecule has 1 aromatic carbocycles. The van der Waals surface area contributed by atoms with Crippen molar-refractivity contribution in [3.63, 3.8) is 0 Å². The number of hydrogen-bond acceptors (Lipinski definition) is 2. The van der Waals surface area contributed by atoms with Crippen LogP contribution in [0.3, 0.4) is 0 Å². The number of benzene rings is 1. The summed E-state index contributed by atoms with van der Waals surface area (Å²) in [5.41, 5.74) is 0.793. The number of urea groups is 1. The standard InChI is InChI=1S/C12H15ClN2OS/c1-17-11-9(13)5-4-6-10(11)14-12(16)15-7-2-3-8-15/h4-6H,2-3,7-8H2,1H3,(H,14,16). The largest absolute Gasteiger partial charge is 0.325 e. The molecular weight excluding hydrogens is 256 g/mol. The first kappa shape index (κ1) is 12.6. The third-order valence-electron chi connectivity index (χ3n) is 2.81. The number of hydrogen-bond donors (Lipinski definition) is 1. The van der Waals surface area contributed by atoms with Gasteiger partial charge < -0.3 is 10.2 Å². The van der Waals surface area contributed by atoms with Gasteiger partial charge in [-0.05, 0) is 31.2 Å². The third kappa shape index (κ3) is 2.87. The van der Waals surface area contributed by atoms with Crippen LogP contribution in [-0.4, -0.2) is 30.3 Å². The second kappa shape index (κ2) is 5.65. The molecule has 1 heterocycles. The average molecular weight is 271 g/mol. The van der Waals surface area contributed by atoms with Crippen LogP contribution in [0.4, 0.5) is 10.5 Å². The topological polar surface area (TPSA) is 32.3 Å². The van der Waals surface area contributed by atoms with Crippen LogP contribution in [0.1, 0.15) is 12.8 Å². The molecule has 3 nitrogen and oxygen atoms in total. The highest BCUT2D eigenvalue weighted by molar-refractivity contribution is 7.98. The molecule has 1 aliphatic rings. The van der Waals surface area contributed by atoms with Crippen molar-refractivity contribution in [3.05, 3.63) is 23.2 Å². The van der Waals surface area contributed by atoms with Crippen LogP contribution in [0.5, 0.6) is 0 Å². The molecule has 0 aliphatic carbocycles. The first-order valence-electron chi connectivity index (χ1n) is 5.61. The van der Waals surface area contributed by atoms with Crippen molar-refractivity contribution >= 4 is 35.1 Å². The van der Waals surface area contributed by atoms with Crippen LogP contribution in [0, 0.1) is 0 Å². The van der Waals surface area contributed by atoms with Gasteiger partial charge in [-0.25, -0.2) is 4.79 Å². The summed E-state index contributed by atoms with van der Waals surface area (Å²) in [7, 11) is 0. The van der Waals surface area contributed by atoms with E-state index < -0.39 is 0 Å². The van der Waals surface area contributed by atoms with Crippen LogP contribution in [0.25, 0.3) is 0 Å². The van der Waals surface area contributed by atoms with Gasteiger partial charge in [0.05, 0.1) is 10.7 Å². The average Bonchev–Trinajstić information content (AvgIpc) is 2.82. The molecule has 5 heteroatoms. The predicted molar refractivity (Wildman–Crippen MR) is 73.1 cm³/mol. The van der Waals surface area contributed by atoms with E-state index in [4.69, 9.17) is 11.6 Å². The summed E-state index contributed by atoms with van der Waals surface area (Å²) in [6, 6.07) is 5.53. The van der Waals surface area contributed by atoms with E-state index >= 15 is 0 Å². The molecule has 1 aliphatic heterocycles. The minimum atomic E-state index is -0.0277. The second-order valence-electron chi connectivity index (χ2n) is 3.94. The molecule has 1 fully saturated rings. The number of anilines is 1. The SMILES string of the molecule is CSc1c(Cl)cccc1NC(=O)N1CCCC1. The smallest absolute Gasteiger partial charge is 0.321 e. The maximum Gasteiger partial charge on any atom is 0.321 e. The molecule has 17 heavy (non-hydrogen) atoms. The van der Waals surface area contributed by atoms with E-state index in [9.17, 15) is 4.79 Å². The minimum Gasteiger partial charge on any atom is -0.325 e. The van der Waals surface area contributed by atoms with E-state index in [-0.39, 0.29) is 6.03 Å². The fraction of sp³-hybridized carbons (Fsp3) is 0.417. The van der Waals surface area contributed by atoms with Gasteiger partial charge in [-0.2, -0.15) is 0 Å². The first-order valence-corrected chi connectivity index (χ1v) is 7.21. The number of carbonyl (C=O) groups excluding carboxylic acids is 1. The van der Waals surface area contributed by atoms with Gasteiger partial charge in [0.2, 0.25) is 0 Å². The molecule has 92 valence electrons. The van der Waals surface area contributed by atoms with Gasteiger partial charge in [-0.3, -0.25) is 0 Å². The Morgan fingerprint density at radius 3 is 2.76 bits per heavy atom. The van der Waals surface area contributed by atoms with Gasteiger partial charge in [-0.1, -0.05) is 17.7 Å². The quantitative estimate of drug-likeness (QED) is 0.832. The van der Waals surface area contributed by atoms with E-state index in [1.807, 2.05) is 29.4 Å². The summed E-state index contributed by atoms with van der Waals surface area (Å²) in [4.78, 5) is 14.7. The van der Waals surface area contributed by atoms with Crippen LogP contribution in [-0.2, 0) is 0 Å². The molecule has 1 N–H and O–H groups in total. The van der Waals surface area contributed by atoms with E-state index in [0.29, 0.717) is 5.02 Å². The Labute approximate surface area is 111 Å². The van der Waals surface area contributed by atoms with Crippen molar-refractivity contribution in [2.45, 2.75) is 17.7 Å². The molecule has 2 amide bonds. The van der Waals surface area contributed by atoms with Crippen LogP contribution in [0.15, 0.2) is 23.1 Å². The number of nitrogens with zero attached hydrogens (tertiary/aromatic N) is 1. The molecule has 0 aromatic heterocycles. The number of likely N-dealkylation sites (tertiary alicyclic amines) is 1. The molecule has 0 atom stereocenters. The second-order valence-corrected chi connectivity index (χ2v) is 5.17.